The highest BCUT2D eigenvalue weighted by Gasteiger charge is 2.26. The lowest BCUT2D eigenvalue weighted by Gasteiger charge is -2.13. The number of anilines is 2. The number of carbonyl (C=O) groups excluding carboxylic acids is 2. The third kappa shape index (κ3) is 2.58. The second-order valence-corrected chi connectivity index (χ2v) is 4.96. The first-order valence-electron chi connectivity index (χ1n) is 6.69. The minimum absolute atomic E-state index is 0.181. The molecule has 0 radical (unpaired) electrons. The Labute approximate surface area is 122 Å². The van der Waals surface area contributed by atoms with Gasteiger partial charge in [0.25, 0.3) is 5.91 Å². The van der Waals surface area contributed by atoms with Crippen molar-refractivity contribution in [1.29, 1.82) is 0 Å². The predicted molar refractivity (Wildman–Crippen MR) is 81.1 cm³/mol. The molecule has 1 atom stereocenters. The van der Waals surface area contributed by atoms with Crippen molar-refractivity contribution < 1.29 is 9.59 Å². The topological polar surface area (TPSA) is 84.2 Å². The molecule has 2 aromatic rings. The fourth-order valence-corrected chi connectivity index (χ4v) is 2.48. The summed E-state index contributed by atoms with van der Waals surface area (Å²) in [6, 6.07) is 14.2. The van der Waals surface area contributed by atoms with E-state index in [-0.39, 0.29) is 11.9 Å². The van der Waals surface area contributed by atoms with E-state index < -0.39 is 5.91 Å². The lowest BCUT2D eigenvalue weighted by Crippen LogP contribution is -2.33. The van der Waals surface area contributed by atoms with Gasteiger partial charge in [-0.1, -0.05) is 30.3 Å². The molecule has 0 aromatic heterocycles. The Morgan fingerprint density at radius 1 is 1.10 bits per heavy atom. The number of primary amides is 1. The molecule has 1 heterocycles. The van der Waals surface area contributed by atoms with Gasteiger partial charge in [0.2, 0.25) is 5.91 Å². The average Bonchev–Trinajstić information content (AvgIpc) is 2.91. The van der Waals surface area contributed by atoms with Crippen LogP contribution in [0.4, 0.5) is 11.4 Å². The maximum Gasteiger partial charge on any atom is 0.250 e. The number of carbonyl (C=O) groups is 2. The number of benzene rings is 2. The van der Waals surface area contributed by atoms with Crippen LogP contribution in [0.3, 0.4) is 0 Å². The van der Waals surface area contributed by atoms with E-state index in [0.717, 1.165) is 11.3 Å². The summed E-state index contributed by atoms with van der Waals surface area (Å²) in [6.45, 7) is 0. The van der Waals surface area contributed by atoms with Crippen LogP contribution in [0.2, 0.25) is 0 Å². The minimum atomic E-state index is -0.562. The molecule has 21 heavy (non-hydrogen) atoms. The molecule has 0 fully saturated rings. The molecule has 0 unspecified atom stereocenters. The summed E-state index contributed by atoms with van der Waals surface area (Å²) in [5.41, 5.74) is 8.14. The number of hydrogen-bond acceptors (Lipinski definition) is 3. The van der Waals surface area contributed by atoms with Crippen LogP contribution in [-0.2, 0) is 11.2 Å². The van der Waals surface area contributed by atoms with Crippen LogP contribution >= 0.6 is 0 Å². The molecule has 5 nitrogen and oxygen atoms in total. The Balaban J connectivity index is 1.76. The number of hydrogen-bond donors (Lipinski definition) is 3. The third-order valence-corrected chi connectivity index (χ3v) is 3.54. The second-order valence-electron chi connectivity index (χ2n) is 4.96. The highest BCUT2D eigenvalue weighted by Crippen LogP contribution is 2.26. The number of amides is 2. The van der Waals surface area contributed by atoms with Crippen molar-refractivity contribution in [1.82, 2.24) is 0 Å². The van der Waals surface area contributed by atoms with Crippen LogP contribution in [0.15, 0.2) is 48.5 Å². The molecule has 0 saturated carbocycles. The highest BCUT2D eigenvalue weighted by atomic mass is 16.2. The van der Waals surface area contributed by atoms with E-state index in [0.29, 0.717) is 17.7 Å². The molecule has 2 amide bonds. The zero-order valence-electron chi connectivity index (χ0n) is 11.3. The van der Waals surface area contributed by atoms with E-state index in [1.807, 2.05) is 24.3 Å². The number of rotatable bonds is 3. The maximum absolute atomic E-state index is 12.3. The Morgan fingerprint density at radius 3 is 2.57 bits per heavy atom. The van der Waals surface area contributed by atoms with Crippen LogP contribution in [0, 0.1) is 0 Å². The van der Waals surface area contributed by atoms with E-state index in [2.05, 4.69) is 10.6 Å². The minimum Gasteiger partial charge on any atom is -0.373 e. The Bertz CT molecular complexity index is 687. The molecule has 0 bridgehead atoms. The first-order valence-corrected chi connectivity index (χ1v) is 6.69. The van der Waals surface area contributed by atoms with Crippen LogP contribution < -0.4 is 16.4 Å². The van der Waals surface area contributed by atoms with Gasteiger partial charge in [0.15, 0.2) is 0 Å². The maximum atomic E-state index is 12.3. The normalized spacial score (nSPS) is 15.9. The van der Waals surface area contributed by atoms with Crippen LogP contribution in [0.25, 0.3) is 0 Å². The van der Waals surface area contributed by atoms with Crippen molar-refractivity contribution in [3.05, 3.63) is 59.7 Å². The number of fused-ring (bicyclic) bond motifs is 1. The van der Waals surface area contributed by atoms with Crippen LogP contribution in [0.5, 0.6) is 0 Å². The zero-order chi connectivity index (χ0) is 14.8. The molecular formula is C16H15N3O2. The molecule has 106 valence electrons. The summed E-state index contributed by atoms with van der Waals surface area (Å²) >= 11 is 0. The van der Waals surface area contributed by atoms with Gasteiger partial charge in [0, 0.05) is 12.1 Å². The second kappa shape index (κ2) is 5.28. The summed E-state index contributed by atoms with van der Waals surface area (Å²) in [4.78, 5) is 23.7. The Kier molecular flexibility index (Phi) is 3.31. The van der Waals surface area contributed by atoms with Gasteiger partial charge in [-0.2, -0.15) is 0 Å². The predicted octanol–water partition coefficient (Wildman–Crippen LogP) is 1.76. The van der Waals surface area contributed by atoms with Gasteiger partial charge < -0.3 is 16.4 Å². The largest absolute Gasteiger partial charge is 0.373 e. The van der Waals surface area contributed by atoms with E-state index in [1.165, 1.54) is 0 Å². The number of nitrogens with one attached hydrogen (secondary N) is 2. The molecule has 0 saturated heterocycles. The molecule has 1 aliphatic heterocycles. The van der Waals surface area contributed by atoms with Crippen LogP contribution in [0.1, 0.15) is 15.9 Å². The monoisotopic (exact) mass is 281 g/mol. The van der Waals surface area contributed by atoms with Crippen molar-refractivity contribution in [2.75, 3.05) is 10.6 Å². The summed E-state index contributed by atoms with van der Waals surface area (Å²) in [7, 11) is 0. The van der Waals surface area contributed by atoms with Crippen molar-refractivity contribution >= 4 is 23.2 Å². The van der Waals surface area contributed by atoms with Gasteiger partial charge in [-0.3, -0.25) is 9.59 Å². The van der Waals surface area contributed by atoms with Crippen LogP contribution in [-0.4, -0.2) is 17.9 Å². The lowest BCUT2D eigenvalue weighted by atomic mass is 10.1. The number of para-hydroxylation sites is 2. The molecule has 0 spiro atoms. The Morgan fingerprint density at radius 2 is 1.81 bits per heavy atom. The van der Waals surface area contributed by atoms with E-state index in [1.54, 1.807) is 24.3 Å². The average molecular weight is 281 g/mol. The van der Waals surface area contributed by atoms with Gasteiger partial charge in [-0.25, -0.2) is 0 Å². The summed E-state index contributed by atoms with van der Waals surface area (Å²) in [6.07, 6.45) is 0.626. The quantitative estimate of drug-likeness (QED) is 0.801. The molecule has 4 N–H and O–H groups in total. The first kappa shape index (κ1) is 13.2. The number of nitrogens with two attached hydrogens (primary N) is 1. The van der Waals surface area contributed by atoms with E-state index in [9.17, 15) is 9.59 Å². The Hall–Kier alpha value is -2.82. The molecule has 2 aromatic carbocycles. The molecule has 0 aliphatic carbocycles. The summed E-state index contributed by atoms with van der Waals surface area (Å²) in [5.74, 6) is -0.742. The summed E-state index contributed by atoms with van der Waals surface area (Å²) in [5, 5.41) is 5.94. The molecule has 1 aliphatic rings. The zero-order valence-corrected chi connectivity index (χ0v) is 11.3. The smallest absolute Gasteiger partial charge is 0.250 e. The van der Waals surface area contributed by atoms with Gasteiger partial charge in [0.1, 0.15) is 6.04 Å². The van der Waals surface area contributed by atoms with Crippen molar-refractivity contribution in [3.8, 4) is 0 Å². The standard InChI is InChI=1S/C16H15N3O2/c17-15(20)11-6-2-4-8-13(11)19-16(21)14-9-10-5-1-3-7-12(10)18-14/h1-8,14,18H,9H2,(H2,17,20)(H,19,21)/t14-/m0/s1. The fourth-order valence-electron chi connectivity index (χ4n) is 2.48. The van der Waals surface area contributed by atoms with Crippen molar-refractivity contribution in [2.45, 2.75) is 12.5 Å². The molecule has 3 rings (SSSR count). The highest BCUT2D eigenvalue weighted by molar-refractivity contribution is 6.05. The fraction of sp³-hybridized carbons (Fsp3) is 0.125. The third-order valence-electron chi connectivity index (χ3n) is 3.54. The van der Waals surface area contributed by atoms with Gasteiger partial charge in [-0.15, -0.1) is 0 Å². The van der Waals surface area contributed by atoms with E-state index >= 15 is 0 Å². The van der Waals surface area contributed by atoms with E-state index in [4.69, 9.17) is 5.73 Å². The molecule has 5 heteroatoms. The van der Waals surface area contributed by atoms with Gasteiger partial charge in [0.05, 0.1) is 11.3 Å². The summed E-state index contributed by atoms with van der Waals surface area (Å²) < 4.78 is 0. The first-order chi connectivity index (χ1) is 10.1. The lowest BCUT2D eigenvalue weighted by molar-refractivity contribution is -0.116. The van der Waals surface area contributed by atoms with Crippen molar-refractivity contribution in [2.24, 2.45) is 5.73 Å². The van der Waals surface area contributed by atoms with Crippen molar-refractivity contribution in [3.63, 3.8) is 0 Å². The van der Waals surface area contributed by atoms with Gasteiger partial charge >= 0.3 is 0 Å². The van der Waals surface area contributed by atoms with Gasteiger partial charge in [-0.05, 0) is 23.8 Å². The SMILES string of the molecule is NC(=O)c1ccccc1NC(=O)[C@@H]1Cc2ccccc2N1. The molecular weight excluding hydrogens is 266 g/mol.